The van der Waals surface area contributed by atoms with Gasteiger partial charge in [0, 0.05) is 21.6 Å². The second kappa shape index (κ2) is 9.65. The summed E-state index contributed by atoms with van der Waals surface area (Å²) >= 11 is 2.43. The van der Waals surface area contributed by atoms with Gasteiger partial charge in [0.25, 0.3) is 0 Å². The Balaban J connectivity index is 1.50. The monoisotopic (exact) mass is 515 g/mol. The SMILES string of the molecule is CCc1ccc(C2CC3CCC(C2C(=O)OC/C=C/c2ccccc2)N3C)cc1I. The van der Waals surface area contributed by atoms with Crippen LogP contribution in [0.5, 0.6) is 0 Å². The van der Waals surface area contributed by atoms with Crippen LogP contribution < -0.4 is 0 Å². The minimum absolute atomic E-state index is 0.0514. The number of halogens is 1. The maximum Gasteiger partial charge on any atom is 0.311 e. The number of ether oxygens (including phenoxy) is 1. The first-order valence-corrected chi connectivity index (χ1v) is 12.0. The number of benzene rings is 2. The molecule has 2 saturated heterocycles. The zero-order valence-corrected chi connectivity index (χ0v) is 19.9. The van der Waals surface area contributed by atoms with E-state index >= 15 is 0 Å². The largest absolute Gasteiger partial charge is 0.461 e. The first-order chi connectivity index (χ1) is 14.6. The van der Waals surface area contributed by atoms with Gasteiger partial charge >= 0.3 is 5.97 Å². The third kappa shape index (κ3) is 4.50. The van der Waals surface area contributed by atoms with E-state index in [1.54, 1.807) is 0 Å². The molecule has 0 radical (unpaired) electrons. The Morgan fingerprint density at radius 1 is 1.20 bits per heavy atom. The number of fused-ring (bicyclic) bond motifs is 2. The second-order valence-electron chi connectivity index (χ2n) is 8.48. The van der Waals surface area contributed by atoms with Crippen molar-refractivity contribution < 1.29 is 9.53 Å². The number of nitrogens with zero attached hydrogens (tertiary/aromatic N) is 1. The van der Waals surface area contributed by atoms with Gasteiger partial charge in [-0.15, -0.1) is 0 Å². The average Bonchev–Trinajstić information content (AvgIpc) is 2.99. The van der Waals surface area contributed by atoms with Crippen molar-refractivity contribution in [3.63, 3.8) is 0 Å². The summed E-state index contributed by atoms with van der Waals surface area (Å²) in [5, 5.41) is 0. The van der Waals surface area contributed by atoms with Crippen LogP contribution in [-0.4, -0.2) is 36.6 Å². The van der Waals surface area contributed by atoms with Gasteiger partial charge in [-0.05, 0) is 84.2 Å². The van der Waals surface area contributed by atoms with Gasteiger partial charge in [-0.3, -0.25) is 9.69 Å². The normalized spacial score (nSPS) is 26.2. The number of carbonyl (C=O) groups excluding carboxylic acids is 1. The zero-order valence-electron chi connectivity index (χ0n) is 17.8. The molecule has 2 aromatic rings. The van der Waals surface area contributed by atoms with Crippen molar-refractivity contribution in [2.75, 3.05) is 13.7 Å². The first kappa shape index (κ1) is 21.6. The lowest BCUT2D eigenvalue weighted by molar-refractivity contribution is -0.152. The molecule has 2 aliphatic heterocycles. The van der Waals surface area contributed by atoms with Crippen LogP contribution in [0.2, 0.25) is 0 Å². The molecule has 4 heteroatoms. The van der Waals surface area contributed by atoms with Crippen molar-refractivity contribution in [3.05, 3.63) is 74.9 Å². The lowest BCUT2D eigenvalue weighted by atomic mass is 9.76. The first-order valence-electron chi connectivity index (χ1n) is 11.0. The zero-order chi connectivity index (χ0) is 21.1. The van der Waals surface area contributed by atoms with E-state index < -0.39 is 0 Å². The molecule has 0 aliphatic carbocycles. The maximum absolute atomic E-state index is 13.2. The number of esters is 1. The van der Waals surface area contributed by atoms with Gasteiger partial charge in [-0.2, -0.15) is 0 Å². The van der Waals surface area contributed by atoms with E-state index in [0.29, 0.717) is 12.6 Å². The van der Waals surface area contributed by atoms with E-state index in [1.165, 1.54) is 21.1 Å². The van der Waals surface area contributed by atoms with Crippen molar-refractivity contribution in [1.29, 1.82) is 0 Å². The Bertz CT molecular complexity index is 911. The van der Waals surface area contributed by atoms with Crippen LogP contribution in [0.1, 0.15) is 48.8 Å². The fourth-order valence-electron chi connectivity index (χ4n) is 5.19. The van der Waals surface area contributed by atoms with Crippen molar-refractivity contribution in [2.45, 2.75) is 50.6 Å². The molecule has 0 amide bonds. The predicted octanol–water partition coefficient (Wildman–Crippen LogP) is 5.68. The summed E-state index contributed by atoms with van der Waals surface area (Å²) in [7, 11) is 2.18. The lowest BCUT2D eigenvalue weighted by Gasteiger charge is -2.42. The number of piperidine rings is 1. The van der Waals surface area contributed by atoms with Crippen molar-refractivity contribution >= 4 is 34.6 Å². The van der Waals surface area contributed by atoms with Crippen LogP contribution >= 0.6 is 22.6 Å². The van der Waals surface area contributed by atoms with Gasteiger partial charge in [0.15, 0.2) is 0 Å². The summed E-state index contributed by atoms with van der Waals surface area (Å²) in [5.41, 5.74) is 3.79. The Hall–Kier alpha value is -1.66. The Labute approximate surface area is 193 Å². The molecule has 158 valence electrons. The fourth-order valence-corrected chi connectivity index (χ4v) is 6.11. The summed E-state index contributed by atoms with van der Waals surface area (Å²) in [4.78, 5) is 15.7. The molecule has 2 aliphatic rings. The van der Waals surface area contributed by atoms with Crippen molar-refractivity contribution in [3.8, 4) is 0 Å². The van der Waals surface area contributed by atoms with Gasteiger partial charge in [0.2, 0.25) is 0 Å². The van der Waals surface area contributed by atoms with E-state index in [-0.39, 0.29) is 23.8 Å². The number of aryl methyl sites for hydroxylation is 1. The summed E-state index contributed by atoms with van der Waals surface area (Å²) in [6.45, 7) is 2.51. The van der Waals surface area contributed by atoms with Gasteiger partial charge in [0.05, 0.1) is 5.92 Å². The Morgan fingerprint density at radius 3 is 2.73 bits per heavy atom. The molecule has 0 N–H and O–H groups in total. The van der Waals surface area contributed by atoms with Crippen LogP contribution in [0.25, 0.3) is 6.08 Å². The molecular formula is C26H30INO2. The van der Waals surface area contributed by atoms with Crippen LogP contribution in [-0.2, 0) is 16.0 Å². The molecule has 0 saturated carbocycles. The third-order valence-corrected chi connectivity index (χ3v) is 7.86. The van der Waals surface area contributed by atoms with Crippen molar-refractivity contribution in [2.24, 2.45) is 5.92 Å². The third-order valence-electron chi connectivity index (χ3n) is 6.86. The fraction of sp³-hybridized carbons (Fsp3) is 0.423. The van der Waals surface area contributed by atoms with Crippen LogP contribution in [0.3, 0.4) is 0 Å². The number of rotatable bonds is 6. The quantitative estimate of drug-likeness (QED) is 0.367. The summed E-state index contributed by atoms with van der Waals surface area (Å²) in [6, 6.07) is 17.7. The molecule has 0 aromatic heterocycles. The molecule has 4 atom stereocenters. The summed E-state index contributed by atoms with van der Waals surface area (Å²) in [5.74, 6) is 0.0929. The van der Waals surface area contributed by atoms with E-state index in [0.717, 1.165) is 24.8 Å². The molecule has 2 fully saturated rings. The van der Waals surface area contributed by atoms with Crippen molar-refractivity contribution in [1.82, 2.24) is 4.90 Å². The molecule has 2 bridgehead atoms. The van der Waals surface area contributed by atoms with Gasteiger partial charge in [-0.1, -0.05) is 55.5 Å². The maximum atomic E-state index is 13.2. The van der Waals surface area contributed by atoms with E-state index in [2.05, 4.69) is 59.7 Å². The number of hydrogen-bond donors (Lipinski definition) is 0. The highest BCUT2D eigenvalue weighted by atomic mass is 127. The second-order valence-corrected chi connectivity index (χ2v) is 9.64. The minimum Gasteiger partial charge on any atom is -0.461 e. The smallest absolute Gasteiger partial charge is 0.311 e. The van der Waals surface area contributed by atoms with Crippen LogP contribution in [0.4, 0.5) is 0 Å². The molecule has 4 unspecified atom stereocenters. The molecule has 3 nitrogen and oxygen atoms in total. The van der Waals surface area contributed by atoms with E-state index in [4.69, 9.17) is 4.74 Å². The minimum atomic E-state index is -0.0952. The van der Waals surface area contributed by atoms with E-state index in [1.807, 2.05) is 42.5 Å². The van der Waals surface area contributed by atoms with Gasteiger partial charge < -0.3 is 4.74 Å². The highest BCUT2D eigenvalue weighted by molar-refractivity contribution is 14.1. The standard InChI is InChI=1S/C26H30INO2/c1-3-19-11-12-20(16-23(19)27)22-17-21-13-14-24(28(21)2)25(22)26(29)30-15-7-10-18-8-5-4-6-9-18/h4-12,16,21-22,24-25H,3,13-15,17H2,1-2H3/b10-7+. The number of carbonyl (C=O) groups is 1. The molecule has 30 heavy (non-hydrogen) atoms. The average molecular weight is 515 g/mol. The van der Waals surface area contributed by atoms with Gasteiger partial charge in [-0.25, -0.2) is 0 Å². The highest BCUT2D eigenvalue weighted by Crippen LogP contribution is 2.47. The molecule has 2 heterocycles. The topological polar surface area (TPSA) is 29.5 Å². The highest BCUT2D eigenvalue weighted by Gasteiger charge is 2.49. The molecule has 2 aromatic carbocycles. The molecule has 0 spiro atoms. The van der Waals surface area contributed by atoms with E-state index in [9.17, 15) is 4.79 Å². The molecular weight excluding hydrogens is 485 g/mol. The lowest BCUT2D eigenvalue weighted by Crippen LogP contribution is -2.49. The van der Waals surface area contributed by atoms with Crippen LogP contribution in [0, 0.1) is 9.49 Å². The summed E-state index contributed by atoms with van der Waals surface area (Å²) in [6.07, 6.45) is 8.28. The Morgan fingerprint density at radius 2 is 2.00 bits per heavy atom. The van der Waals surface area contributed by atoms with Crippen LogP contribution in [0.15, 0.2) is 54.6 Å². The molecule has 4 rings (SSSR count). The Kier molecular flexibility index (Phi) is 6.94. The number of hydrogen-bond acceptors (Lipinski definition) is 3. The summed E-state index contributed by atoms with van der Waals surface area (Å²) < 4.78 is 7.08. The predicted molar refractivity (Wildman–Crippen MR) is 130 cm³/mol. The van der Waals surface area contributed by atoms with Gasteiger partial charge in [0.1, 0.15) is 6.61 Å².